The summed E-state index contributed by atoms with van der Waals surface area (Å²) in [4.78, 5) is 47.4. The van der Waals surface area contributed by atoms with Crippen molar-refractivity contribution in [3.05, 3.63) is 77.1 Å². The third-order valence-corrected chi connectivity index (χ3v) is 4.93. The lowest BCUT2D eigenvalue weighted by molar-refractivity contribution is -0.0591. The van der Waals surface area contributed by atoms with Crippen LogP contribution in [0.25, 0.3) is 11.4 Å². The van der Waals surface area contributed by atoms with Gasteiger partial charge in [-0.1, -0.05) is 47.5 Å². The summed E-state index contributed by atoms with van der Waals surface area (Å²) in [6.07, 6.45) is 0. The third-order valence-electron chi connectivity index (χ3n) is 4.93. The molecule has 144 valence electrons. The fourth-order valence-electron chi connectivity index (χ4n) is 3.55. The van der Waals surface area contributed by atoms with Gasteiger partial charge in [-0.05, 0) is 12.1 Å². The van der Waals surface area contributed by atoms with E-state index in [4.69, 9.17) is 9.57 Å². The van der Waals surface area contributed by atoms with Crippen LogP contribution in [0.15, 0.2) is 54.6 Å². The fourth-order valence-corrected chi connectivity index (χ4v) is 3.55. The summed E-state index contributed by atoms with van der Waals surface area (Å²) in [7, 11) is 0. The van der Waals surface area contributed by atoms with Gasteiger partial charge < -0.3 is 14.1 Å². The third kappa shape index (κ3) is 2.73. The van der Waals surface area contributed by atoms with Crippen LogP contribution in [0.3, 0.4) is 0 Å². The van der Waals surface area contributed by atoms with Crippen molar-refractivity contribution in [3.63, 3.8) is 0 Å². The summed E-state index contributed by atoms with van der Waals surface area (Å²) in [6.45, 7) is 1.22. The number of aromatic nitrogens is 2. The highest BCUT2D eigenvalue weighted by atomic mass is 16.7. The van der Waals surface area contributed by atoms with Crippen LogP contribution in [0.2, 0.25) is 0 Å². The average Bonchev–Trinajstić information content (AvgIpc) is 3.27. The van der Waals surface area contributed by atoms with Crippen molar-refractivity contribution in [2.75, 3.05) is 6.61 Å². The Morgan fingerprint density at radius 3 is 2.31 bits per heavy atom. The number of rotatable bonds is 3. The van der Waals surface area contributed by atoms with Crippen LogP contribution >= 0.6 is 0 Å². The van der Waals surface area contributed by atoms with Crippen LogP contribution < -0.4 is 0 Å². The highest BCUT2D eigenvalue weighted by Gasteiger charge is 2.40. The summed E-state index contributed by atoms with van der Waals surface area (Å²) in [5.74, 6) is -1.62. The predicted octanol–water partition coefficient (Wildman–Crippen LogP) is 2.45. The predicted molar refractivity (Wildman–Crippen MR) is 99.7 cm³/mol. The molecule has 3 aromatic rings. The Morgan fingerprint density at radius 1 is 0.966 bits per heavy atom. The van der Waals surface area contributed by atoms with E-state index in [0.29, 0.717) is 29.7 Å². The minimum Gasteiger partial charge on any atom is -0.373 e. The van der Waals surface area contributed by atoms with Gasteiger partial charge >= 0.3 is 5.97 Å². The molecule has 2 aromatic carbocycles. The van der Waals surface area contributed by atoms with E-state index >= 15 is 0 Å². The Bertz CT molecular complexity index is 1120. The second-order valence-electron chi connectivity index (χ2n) is 6.63. The number of benzene rings is 2. The van der Waals surface area contributed by atoms with Gasteiger partial charge in [-0.3, -0.25) is 9.59 Å². The Kier molecular flexibility index (Phi) is 3.99. The van der Waals surface area contributed by atoms with Gasteiger partial charge in [0.15, 0.2) is 5.69 Å². The molecule has 3 heterocycles. The largest absolute Gasteiger partial charge is 0.384 e. The Balaban J connectivity index is 1.49. The van der Waals surface area contributed by atoms with E-state index in [2.05, 4.69) is 4.98 Å². The van der Waals surface area contributed by atoms with E-state index in [1.807, 2.05) is 34.9 Å². The molecule has 0 atom stereocenters. The standard InChI is InChI=1S/C21H15N3O5/c25-19-14-8-4-5-9-15(14)20(26)24(19)29-21(27)17-16-12-28-11-10-23(16)18(22-17)13-6-2-1-3-7-13/h1-9H,10-12H2. The van der Waals surface area contributed by atoms with Gasteiger partial charge in [-0.25, -0.2) is 9.78 Å². The maximum atomic E-state index is 12.9. The lowest BCUT2D eigenvalue weighted by Crippen LogP contribution is -2.33. The maximum absolute atomic E-state index is 12.9. The fraction of sp³-hybridized carbons (Fsp3) is 0.143. The number of fused-ring (bicyclic) bond motifs is 2. The van der Waals surface area contributed by atoms with Crippen LogP contribution in [-0.4, -0.2) is 39.0 Å². The van der Waals surface area contributed by atoms with E-state index in [9.17, 15) is 14.4 Å². The highest BCUT2D eigenvalue weighted by molar-refractivity contribution is 6.21. The minimum absolute atomic E-state index is 0.0279. The molecular formula is C21H15N3O5. The number of hydroxylamine groups is 2. The smallest absolute Gasteiger partial charge is 0.373 e. The SMILES string of the molecule is O=C(ON1C(=O)c2ccccc2C1=O)c1nc(-c2ccccc2)n2c1COCC2. The molecule has 0 saturated carbocycles. The van der Waals surface area contributed by atoms with Gasteiger partial charge in [0.05, 0.1) is 30.0 Å². The monoisotopic (exact) mass is 389 g/mol. The molecule has 0 radical (unpaired) electrons. The first kappa shape index (κ1) is 17.3. The number of hydrogen-bond acceptors (Lipinski definition) is 6. The quantitative estimate of drug-likeness (QED) is 0.639. The minimum atomic E-state index is -0.879. The van der Waals surface area contributed by atoms with E-state index in [0.717, 1.165) is 5.56 Å². The number of ether oxygens (including phenoxy) is 1. The summed E-state index contributed by atoms with van der Waals surface area (Å²) in [5.41, 5.74) is 1.82. The van der Waals surface area contributed by atoms with Crippen molar-refractivity contribution in [3.8, 4) is 11.4 Å². The first-order valence-corrected chi connectivity index (χ1v) is 9.08. The number of carbonyl (C=O) groups excluding carboxylic acids is 3. The maximum Gasteiger partial charge on any atom is 0.384 e. The Hall–Kier alpha value is -3.78. The summed E-state index contributed by atoms with van der Waals surface area (Å²) in [5, 5.41) is 0.491. The summed E-state index contributed by atoms with van der Waals surface area (Å²) in [6, 6.07) is 15.8. The van der Waals surface area contributed by atoms with Gasteiger partial charge in [0.2, 0.25) is 0 Å². The summed E-state index contributed by atoms with van der Waals surface area (Å²) < 4.78 is 7.38. The lowest BCUT2D eigenvalue weighted by Gasteiger charge is -2.18. The zero-order chi connectivity index (χ0) is 20.0. The normalized spacial score (nSPS) is 15.2. The van der Waals surface area contributed by atoms with Gasteiger partial charge in [0.1, 0.15) is 5.82 Å². The van der Waals surface area contributed by atoms with Gasteiger partial charge in [0, 0.05) is 12.1 Å². The van der Waals surface area contributed by atoms with Crippen molar-refractivity contribution in [1.82, 2.24) is 14.6 Å². The van der Waals surface area contributed by atoms with Crippen molar-refractivity contribution >= 4 is 17.8 Å². The van der Waals surface area contributed by atoms with Crippen LogP contribution in [0, 0.1) is 0 Å². The van der Waals surface area contributed by atoms with Crippen LogP contribution in [0.1, 0.15) is 36.9 Å². The second-order valence-corrected chi connectivity index (χ2v) is 6.63. The van der Waals surface area contributed by atoms with Gasteiger partial charge in [0.25, 0.3) is 11.8 Å². The molecule has 0 spiro atoms. The Labute approximate surface area is 165 Å². The molecule has 5 rings (SSSR count). The first-order chi connectivity index (χ1) is 14.1. The number of imide groups is 1. The molecule has 8 nitrogen and oxygen atoms in total. The van der Waals surface area contributed by atoms with Crippen molar-refractivity contribution in [1.29, 1.82) is 0 Å². The van der Waals surface area contributed by atoms with Gasteiger partial charge in [-0.2, -0.15) is 0 Å². The molecule has 0 fully saturated rings. The highest BCUT2D eigenvalue weighted by Crippen LogP contribution is 2.28. The van der Waals surface area contributed by atoms with Crippen molar-refractivity contribution in [2.24, 2.45) is 0 Å². The molecule has 29 heavy (non-hydrogen) atoms. The van der Waals surface area contributed by atoms with Crippen molar-refractivity contribution in [2.45, 2.75) is 13.2 Å². The summed E-state index contributed by atoms with van der Waals surface area (Å²) >= 11 is 0. The zero-order valence-corrected chi connectivity index (χ0v) is 15.2. The number of imidazole rings is 1. The number of carbonyl (C=O) groups is 3. The molecule has 0 aliphatic carbocycles. The molecular weight excluding hydrogens is 374 g/mol. The molecule has 2 aliphatic rings. The van der Waals surface area contributed by atoms with E-state index in [1.54, 1.807) is 12.1 Å². The second kappa shape index (κ2) is 6.68. The molecule has 0 unspecified atom stereocenters. The zero-order valence-electron chi connectivity index (χ0n) is 15.2. The van der Waals surface area contributed by atoms with Crippen LogP contribution in [0.4, 0.5) is 0 Å². The molecule has 0 N–H and O–H groups in total. The topological polar surface area (TPSA) is 90.7 Å². The Morgan fingerprint density at radius 2 is 1.62 bits per heavy atom. The molecule has 0 bridgehead atoms. The lowest BCUT2D eigenvalue weighted by atomic mass is 10.1. The number of hydrogen-bond donors (Lipinski definition) is 0. The van der Waals surface area contributed by atoms with Crippen molar-refractivity contribution < 1.29 is 24.0 Å². The molecule has 8 heteroatoms. The van der Waals surface area contributed by atoms with Crippen LogP contribution in [-0.2, 0) is 22.7 Å². The number of nitrogens with zero attached hydrogens (tertiary/aromatic N) is 3. The molecule has 0 saturated heterocycles. The van der Waals surface area contributed by atoms with Gasteiger partial charge in [-0.15, -0.1) is 0 Å². The van der Waals surface area contributed by atoms with E-state index < -0.39 is 17.8 Å². The molecule has 2 amide bonds. The average molecular weight is 389 g/mol. The van der Waals surface area contributed by atoms with E-state index in [-0.39, 0.29) is 23.4 Å². The molecule has 2 aliphatic heterocycles. The van der Waals surface area contributed by atoms with E-state index in [1.165, 1.54) is 12.1 Å². The number of amides is 2. The molecule has 1 aromatic heterocycles. The van der Waals surface area contributed by atoms with Crippen LogP contribution in [0.5, 0.6) is 0 Å². The first-order valence-electron chi connectivity index (χ1n) is 9.08.